The van der Waals surface area contributed by atoms with E-state index in [1.165, 1.54) is 0 Å². The van der Waals surface area contributed by atoms with Gasteiger partial charge in [0, 0.05) is 37.2 Å². The van der Waals surface area contributed by atoms with Crippen LogP contribution in [0, 0.1) is 0 Å². The van der Waals surface area contributed by atoms with Gasteiger partial charge in [-0.25, -0.2) is 0 Å². The number of ether oxygens (including phenoxy) is 1. The van der Waals surface area contributed by atoms with Crippen LogP contribution >= 0.6 is 11.6 Å². The van der Waals surface area contributed by atoms with Crippen molar-refractivity contribution in [1.82, 2.24) is 10.2 Å². The van der Waals surface area contributed by atoms with Gasteiger partial charge in [-0.15, -0.1) is 0 Å². The number of phenols is 1. The van der Waals surface area contributed by atoms with Crippen LogP contribution in [0.15, 0.2) is 18.2 Å². The van der Waals surface area contributed by atoms with Gasteiger partial charge < -0.3 is 15.2 Å². The lowest BCUT2D eigenvalue weighted by atomic mass is 10.2. The van der Waals surface area contributed by atoms with Gasteiger partial charge in [0.15, 0.2) is 0 Å². The normalized spacial score (nSPS) is 18.4. The molecule has 0 bridgehead atoms. The van der Waals surface area contributed by atoms with Crippen molar-refractivity contribution in [2.75, 3.05) is 32.8 Å². The number of phenolic OH excluding ortho intramolecular Hbond substituents is 1. The minimum absolute atomic E-state index is 0.204. The second-order valence-corrected chi connectivity index (χ2v) is 5.38. The van der Waals surface area contributed by atoms with E-state index in [1.54, 1.807) is 12.1 Å². The van der Waals surface area contributed by atoms with Gasteiger partial charge in [0.05, 0.1) is 13.2 Å². The van der Waals surface area contributed by atoms with Gasteiger partial charge in [-0.2, -0.15) is 0 Å². The van der Waals surface area contributed by atoms with Gasteiger partial charge in [0.1, 0.15) is 5.75 Å². The van der Waals surface area contributed by atoms with Crippen LogP contribution < -0.4 is 5.32 Å². The average molecular weight is 285 g/mol. The highest BCUT2D eigenvalue weighted by Gasteiger charge is 2.13. The Morgan fingerprint density at radius 3 is 2.84 bits per heavy atom. The molecule has 1 aliphatic heterocycles. The molecule has 2 N–H and O–H groups in total. The molecule has 1 saturated heterocycles. The minimum atomic E-state index is 0.204. The largest absolute Gasteiger partial charge is 0.508 e. The Morgan fingerprint density at radius 2 is 2.16 bits per heavy atom. The summed E-state index contributed by atoms with van der Waals surface area (Å²) in [5, 5.41) is 13.4. The molecule has 1 aromatic carbocycles. The van der Waals surface area contributed by atoms with E-state index >= 15 is 0 Å². The number of hydrogen-bond acceptors (Lipinski definition) is 4. The van der Waals surface area contributed by atoms with Crippen LogP contribution in [-0.2, 0) is 11.3 Å². The molecule has 5 heteroatoms. The lowest BCUT2D eigenvalue weighted by molar-refractivity contribution is 0.0343. The van der Waals surface area contributed by atoms with Crippen LogP contribution in [0.2, 0.25) is 5.02 Å². The maximum atomic E-state index is 9.31. The maximum Gasteiger partial charge on any atom is 0.117 e. The van der Waals surface area contributed by atoms with Gasteiger partial charge in [0.25, 0.3) is 0 Å². The average Bonchev–Trinajstić information content (AvgIpc) is 2.39. The van der Waals surface area contributed by atoms with Crippen molar-refractivity contribution in [1.29, 1.82) is 0 Å². The van der Waals surface area contributed by atoms with E-state index in [9.17, 15) is 5.11 Å². The highest BCUT2D eigenvalue weighted by molar-refractivity contribution is 6.31. The van der Waals surface area contributed by atoms with E-state index in [1.807, 2.05) is 6.07 Å². The first-order valence-electron chi connectivity index (χ1n) is 6.66. The summed E-state index contributed by atoms with van der Waals surface area (Å²) in [6, 6.07) is 5.48. The van der Waals surface area contributed by atoms with Crippen molar-refractivity contribution in [2.24, 2.45) is 0 Å². The molecule has 4 nitrogen and oxygen atoms in total. The first-order valence-corrected chi connectivity index (χ1v) is 7.04. The lowest BCUT2D eigenvalue weighted by Gasteiger charge is -2.29. The number of benzene rings is 1. The first kappa shape index (κ1) is 14.6. The third-order valence-corrected chi connectivity index (χ3v) is 3.67. The van der Waals surface area contributed by atoms with Crippen LogP contribution in [0.3, 0.4) is 0 Å². The van der Waals surface area contributed by atoms with Gasteiger partial charge in [-0.3, -0.25) is 4.90 Å². The summed E-state index contributed by atoms with van der Waals surface area (Å²) in [5.41, 5.74) is 1.01. The SMILES string of the molecule is CC(CN1CCOCC1)NCc1ccc(O)cc1Cl. The zero-order valence-corrected chi connectivity index (χ0v) is 12.0. The van der Waals surface area contributed by atoms with Crippen LogP contribution in [0.4, 0.5) is 0 Å². The van der Waals surface area contributed by atoms with Crippen LogP contribution in [0.25, 0.3) is 0 Å². The summed E-state index contributed by atoms with van der Waals surface area (Å²) in [5.74, 6) is 0.204. The Bertz CT molecular complexity index is 408. The molecule has 19 heavy (non-hydrogen) atoms. The fourth-order valence-corrected chi connectivity index (χ4v) is 2.44. The number of nitrogens with one attached hydrogen (secondary N) is 1. The van der Waals surface area contributed by atoms with Crippen molar-refractivity contribution in [3.8, 4) is 5.75 Å². The quantitative estimate of drug-likeness (QED) is 0.866. The summed E-state index contributed by atoms with van der Waals surface area (Å²) in [6.45, 7) is 7.57. The monoisotopic (exact) mass is 284 g/mol. The molecular weight excluding hydrogens is 264 g/mol. The molecule has 0 aliphatic carbocycles. The maximum absolute atomic E-state index is 9.31. The molecule has 1 heterocycles. The van der Waals surface area contributed by atoms with Crippen molar-refractivity contribution >= 4 is 11.6 Å². The molecular formula is C14H21ClN2O2. The van der Waals surface area contributed by atoms with Gasteiger partial charge in [0.2, 0.25) is 0 Å². The van der Waals surface area contributed by atoms with E-state index < -0.39 is 0 Å². The number of aromatic hydroxyl groups is 1. The smallest absolute Gasteiger partial charge is 0.117 e. The Morgan fingerprint density at radius 1 is 1.42 bits per heavy atom. The summed E-state index contributed by atoms with van der Waals surface area (Å²) >= 11 is 6.08. The molecule has 1 aliphatic rings. The van der Waals surface area contributed by atoms with Crippen LogP contribution in [0.1, 0.15) is 12.5 Å². The van der Waals surface area contributed by atoms with Crippen LogP contribution in [-0.4, -0.2) is 48.9 Å². The Hall–Kier alpha value is -0.810. The van der Waals surface area contributed by atoms with E-state index in [-0.39, 0.29) is 5.75 Å². The van der Waals surface area contributed by atoms with Crippen molar-refractivity contribution < 1.29 is 9.84 Å². The summed E-state index contributed by atoms with van der Waals surface area (Å²) in [6.07, 6.45) is 0. The zero-order chi connectivity index (χ0) is 13.7. The van der Waals surface area contributed by atoms with E-state index in [4.69, 9.17) is 16.3 Å². The summed E-state index contributed by atoms with van der Waals surface area (Å²) in [7, 11) is 0. The minimum Gasteiger partial charge on any atom is -0.508 e. The Kier molecular flexibility index (Phi) is 5.45. The topological polar surface area (TPSA) is 44.7 Å². The Labute approximate surface area is 119 Å². The molecule has 1 fully saturated rings. The molecule has 0 aromatic heterocycles. The first-order chi connectivity index (χ1) is 9.15. The number of nitrogens with zero attached hydrogens (tertiary/aromatic N) is 1. The standard InChI is InChI=1S/C14H21ClN2O2/c1-11(10-17-4-6-19-7-5-17)16-9-12-2-3-13(18)8-14(12)15/h2-3,8,11,16,18H,4-7,9-10H2,1H3. The van der Waals surface area contributed by atoms with E-state index in [0.29, 0.717) is 17.6 Å². The number of halogens is 1. The fraction of sp³-hybridized carbons (Fsp3) is 0.571. The molecule has 1 aromatic rings. The predicted molar refractivity (Wildman–Crippen MR) is 76.7 cm³/mol. The fourth-order valence-electron chi connectivity index (χ4n) is 2.20. The van der Waals surface area contributed by atoms with E-state index in [0.717, 1.165) is 38.4 Å². The highest BCUT2D eigenvalue weighted by Crippen LogP contribution is 2.21. The lowest BCUT2D eigenvalue weighted by Crippen LogP contribution is -2.44. The molecule has 106 valence electrons. The van der Waals surface area contributed by atoms with Gasteiger partial charge in [-0.05, 0) is 24.6 Å². The molecule has 0 amide bonds. The molecule has 0 spiro atoms. The molecule has 0 saturated carbocycles. The molecule has 1 atom stereocenters. The third-order valence-electron chi connectivity index (χ3n) is 3.31. The van der Waals surface area contributed by atoms with Gasteiger partial charge in [-0.1, -0.05) is 17.7 Å². The van der Waals surface area contributed by atoms with Gasteiger partial charge >= 0.3 is 0 Å². The van der Waals surface area contributed by atoms with Crippen molar-refractivity contribution in [3.63, 3.8) is 0 Å². The zero-order valence-electron chi connectivity index (χ0n) is 11.2. The summed E-state index contributed by atoms with van der Waals surface area (Å²) < 4.78 is 5.33. The third kappa shape index (κ3) is 4.66. The van der Waals surface area contributed by atoms with E-state index in [2.05, 4.69) is 17.1 Å². The van der Waals surface area contributed by atoms with Crippen molar-refractivity contribution in [3.05, 3.63) is 28.8 Å². The van der Waals surface area contributed by atoms with Crippen LogP contribution in [0.5, 0.6) is 5.75 Å². The number of morpholine rings is 1. The number of hydrogen-bond donors (Lipinski definition) is 2. The molecule has 0 radical (unpaired) electrons. The highest BCUT2D eigenvalue weighted by atomic mass is 35.5. The molecule has 2 rings (SSSR count). The predicted octanol–water partition coefficient (Wildman–Crippen LogP) is 1.86. The van der Waals surface area contributed by atoms with Crippen molar-refractivity contribution in [2.45, 2.75) is 19.5 Å². The molecule has 1 unspecified atom stereocenters. The Balaban J connectivity index is 1.77. The second-order valence-electron chi connectivity index (χ2n) is 4.97. The summed E-state index contributed by atoms with van der Waals surface area (Å²) in [4.78, 5) is 2.40. The number of rotatable bonds is 5. The second kappa shape index (κ2) is 7.10.